The van der Waals surface area contributed by atoms with Crippen LogP contribution in [-0.2, 0) is 14.3 Å². The molecule has 6 heteroatoms. The van der Waals surface area contributed by atoms with Crippen molar-refractivity contribution in [1.29, 1.82) is 0 Å². The summed E-state index contributed by atoms with van der Waals surface area (Å²) >= 11 is 0. The number of carbonyl (C=O) groups excluding carboxylic acids is 2. The zero-order valence-corrected chi connectivity index (χ0v) is 9.26. The Bertz CT molecular complexity index is 197. The summed E-state index contributed by atoms with van der Waals surface area (Å²) in [6.45, 7) is 3.81. The maximum Gasteiger partial charge on any atom is 0.239 e. The number of likely N-dealkylation sites (N-methyl/N-ethyl adjacent to an activating group) is 1. The van der Waals surface area contributed by atoms with Crippen LogP contribution < -0.4 is 16.0 Å². The van der Waals surface area contributed by atoms with Crippen LogP contribution >= 0.6 is 0 Å². The number of ether oxygens (including phenoxy) is 1. The molecule has 0 aromatic carbocycles. The van der Waals surface area contributed by atoms with E-state index < -0.39 is 0 Å². The normalized spacial score (nSPS) is 9.73. The maximum atomic E-state index is 11.1. The summed E-state index contributed by atoms with van der Waals surface area (Å²) in [5, 5.41) is 7.95. The summed E-state index contributed by atoms with van der Waals surface area (Å²) in [7, 11) is 1.56. The monoisotopic (exact) mass is 217 g/mol. The highest BCUT2D eigenvalue weighted by molar-refractivity contribution is 5.85. The molecule has 0 aliphatic rings. The second kappa shape index (κ2) is 9.42. The van der Waals surface area contributed by atoms with Crippen LogP contribution in [0.3, 0.4) is 0 Å². The van der Waals surface area contributed by atoms with E-state index in [-0.39, 0.29) is 24.9 Å². The van der Waals surface area contributed by atoms with Gasteiger partial charge in [0, 0.05) is 13.7 Å². The summed E-state index contributed by atoms with van der Waals surface area (Å²) in [4.78, 5) is 22.2. The number of carbonyl (C=O) groups is 2. The SMILES string of the molecule is CCNCC(=O)NCC(=O)NCCOC. The molecule has 0 rings (SSSR count). The highest BCUT2D eigenvalue weighted by Gasteiger charge is 2.03. The number of hydrogen-bond donors (Lipinski definition) is 3. The Hall–Kier alpha value is -1.14. The molecule has 0 radical (unpaired) electrons. The molecule has 0 aliphatic carbocycles. The van der Waals surface area contributed by atoms with Crippen LogP contribution in [0.25, 0.3) is 0 Å². The first-order valence-corrected chi connectivity index (χ1v) is 4.93. The molecule has 3 N–H and O–H groups in total. The van der Waals surface area contributed by atoms with Crippen molar-refractivity contribution in [3.8, 4) is 0 Å². The third kappa shape index (κ3) is 9.17. The Kier molecular flexibility index (Phi) is 8.70. The molecule has 0 saturated carbocycles. The highest BCUT2D eigenvalue weighted by Crippen LogP contribution is 1.69. The van der Waals surface area contributed by atoms with E-state index in [1.807, 2.05) is 6.92 Å². The molecule has 0 bridgehead atoms. The molecular formula is C9H19N3O3. The number of hydrogen-bond acceptors (Lipinski definition) is 4. The molecular weight excluding hydrogens is 198 g/mol. The maximum absolute atomic E-state index is 11.1. The molecule has 88 valence electrons. The highest BCUT2D eigenvalue weighted by atomic mass is 16.5. The van der Waals surface area contributed by atoms with E-state index in [4.69, 9.17) is 4.74 Å². The van der Waals surface area contributed by atoms with Gasteiger partial charge in [-0.1, -0.05) is 6.92 Å². The Labute approximate surface area is 89.7 Å². The molecule has 15 heavy (non-hydrogen) atoms. The Morgan fingerprint density at radius 2 is 1.80 bits per heavy atom. The lowest BCUT2D eigenvalue weighted by molar-refractivity contribution is -0.125. The average Bonchev–Trinajstić information content (AvgIpc) is 2.24. The molecule has 0 aliphatic heterocycles. The third-order valence-corrected chi connectivity index (χ3v) is 1.61. The van der Waals surface area contributed by atoms with Crippen molar-refractivity contribution in [3.05, 3.63) is 0 Å². The van der Waals surface area contributed by atoms with Crippen LogP contribution in [0.5, 0.6) is 0 Å². The minimum Gasteiger partial charge on any atom is -0.383 e. The second-order valence-electron chi connectivity index (χ2n) is 2.90. The van der Waals surface area contributed by atoms with Gasteiger partial charge < -0.3 is 20.7 Å². The quantitative estimate of drug-likeness (QED) is 0.431. The summed E-state index contributed by atoms with van der Waals surface area (Å²) in [6.07, 6.45) is 0. The molecule has 0 spiro atoms. The van der Waals surface area contributed by atoms with Crippen LogP contribution in [-0.4, -0.2) is 51.7 Å². The fraction of sp³-hybridized carbons (Fsp3) is 0.778. The van der Waals surface area contributed by atoms with Crippen molar-refractivity contribution < 1.29 is 14.3 Å². The van der Waals surface area contributed by atoms with Gasteiger partial charge in [0.15, 0.2) is 0 Å². The molecule has 0 atom stereocenters. The molecule has 0 heterocycles. The van der Waals surface area contributed by atoms with E-state index in [0.717, 1.165) is 6.54 Å². The molecule has 0 fully saturated rings. The van der Waals surface area contributed by atoms with E-state index >= 15 is 0 Å². The minimum atomic E-state index is -0.211. The number of rotatable bonds is 8. The van der Waals surface area contributed by atoms with Gasteiger partial charge in [-0.05, 0) is 6.54 Å². The summed E-state index contributed by atoms with van der Waals surface area (Å²) in [5.74, 6) is -0.393. The van der Waals surface area contributed by atoms with Gasteiger partial charge >= 0.3 is 0 Å². The van der Waals surface area contributed by atoms with Gasteiger partial charge in [-0.3, -0.25) is 9.59 Å². The van der Waals surface area contributed by atoms with Crippen LogP contribution in [0.4, 0.5) is 0 Å². The van der Waals surface area contributed by atoms with Crippen molar-refractivity contribution in [3.63, 3.8) is 0 Å². The number of amides is 2. The standard InChI is InChI=1S/C9H19N3O3/c1-3-10-6-8(13)12-7-9(14)11-4-5-15-2/h10H,3-7H2,1-2H3,(H,11,14)(H,12,13). The van der Waals surface area contributed by atoms with E-state index in [9.17, 15) is 9.59 Å². The Morgan fingerprint density at radius 3 is 2.40 bits per heavy atom. The van der Waals surface area contributed by atoms with Crippen molar-refractivity contribution in [1.82, 2.24) is 16.0 Å². The summed E-state index contributed by atoms with van der Waals surface area (Å²) in [5.41, 5.74) is 0. The lowest BCUT2D eigenvalue weighted by atomic mass is 10.5. The average molecular weight is 217 g/mol. The zero-order chi connectivity index (χ0) is 11.5. The van der Waals surface area contributed by atoms with Gasteiger partial charge in [0.05, 0.1) is 19.7 Å². The minimum absolute atomic E-state index is 0.00788. The van der Waals surface area contributed by atoms with E-state index in [2.05, 4.69) is 16.0 Å². The lowest BCUT2D eigenvalue weighted by Crippen LogP contribution is -2.41. The van der Waals surface area contributed by atoms with Crippen molar-refractivity contribution in [2.75, 3.05) is 39.9 Å². The van der Waals surface area contributed by atoms with Crippen molar-refractivity contribution in [2.45, 2.75) is 6.92 Å². The van der Waals surface area contributed by atoms with Crippen LogP contribution in [0.2, 0.25) is 0 Å². The van der Waals surface area contributed by atoms with Gasteiger partial charge in [-0.25, -0.2) is 0 Å². The Balaban J connectivity index is 3.40. The molecule has 0 aromatic heterocycles. The predicted octanol–water partition coefficient (Wildman–Crippen LogP) is -1.53. The first-order valence-electron chi connectivity index (χ1n) is 4.93. The van der Waals surface area contributed by atoms with Gasteiger partial charge in [0.1, 0.15) is 0 Å². The Morgan fingerprint density at radius 1 is 1.13 bits per heavy atom. The second-order valence-corrected chi connectivity index (χ2v) is 2.90. The van der Waals surface area contributed by atoms with Crippen LogP contribution in [0, 0.1) is 0 Å². The van der Waals surface area contributed by atoms with E-state index in [0.29, 0.717) is 13.2 Å². The third-order valence-electron chi connectivity index (χ3n) is 1.61. The van der Waals surface area contributed by atoms with Crippen molar-refractivity contribution in [2.24, 2.45) is 0 Å². The fourth-order valence-corrected chi connectivity index (χ4v) is 0.835. The van der Waals surface area contributed by atoms with Gasteiger partial charge in [-0.2, -0.15) is 0 Å². The van der Waals surface area contributed by atoms with Gasteiger partial charge in [0.2, 0.25) is 11.8 Å². The lowest BCUT2D eigenvalue weighted by Gasteiger charge is -2.06. The van der Waals surface area contributed by atoms with Gasteiger partial charge in [0.25, 0.3) is 0 Å². The summed E-state index contributed by atoms with van der Waals surface area (Å²) in [6, 6.07) is 0. The smallest absolute Gasteiger partial charge is 0.239 e. The van der Waals surface area contributed by atoms with Gasteiger partial charge in [-0.15, -0.1) is 0 Å². The number of methoxy groups -OCH3 is 1. The van der Waals surface area contributed by atoms with E-state index in [1.54, 1.807) is 7.11 Å². The largest absolute Gasteiger partial charge is 0.383 e. The molecule has 0 saturated heterocycles. The van der Waals surface area contributed by atoms with Crippen LogP contribution in [0.15, 0.2) is 0 Å². The molecule has 0 aromatic rings. The first kappa shape index (κ1) is 13.9. The number of nitrogens with one attached hydrogen (secondary N) is 3. The fourth-order valence-electron chi connectivity index (χ4n) is 0.835. The molecule has 0 unspecified atom stereocenters. The van der Waals surface area contributed by atoms with Crippen LogP contribution in [0.1, 0.15) is 6.92 Å². The first-order chi connectivity index (χ1) is 7.20. The zero-order valence-electron chi connectivity index (χ0n) is 9.26. The van der Waals surface area contributed by atoms with E-state index in [1.165, 1.54) is 0 Å². The molecule has 6 nitrogen and oxygen atoms in total. The van der Waals surface area contributed by atoms with Crippen molar-refractivity contribution >= 4 is 11.8 Å². The molecule has 2 amide bonds. The topological polar surface area (TPSA) is 79.5 Å². The predicted molar refractivity (Wildman–Crippen MR) is 56.4 cm³/mol. The summed E-state index contributed by atoms with van der Waals surface area (Å²) < 4.78 is 4.76.